The number of aromatic amines is 1. The molecule has 30 heavy (non-hydrogen) atoms. The minimum absolute atomic E-state index is 0.662. The van der Waals surface area contributed by atoms with Crippen molar-refractivity contribution in [3.63, 3.8) is 0 Å². The molecule has 148 valence electrons. The normalized spacial score (nSPS) is 11.1. The van der Waals surface area contributed by atoms with Crippen LogP contribution >= 0.6 is 0 Å². The van der Waals surface area contributed by atoms with Gasteiger partial charge in [0.05, 0.1) is 31.0 Å². The second-order valence-electron chi connectivity index (χ2n) is 7.01. The first-order valence-corrected chi connectivity index (χ1v) is 9.65. The monoisotopic (exact) mass is 396 g/mol. The number of pyridine rings is 2. The Morgan fingerprint density at radius 3 is 2.27 bits per heavy atom. The van der Waals surface area contributed by atoms with Crippen molar-refractivity contribution in [3.8, 4) is 22.8 Å². The summed E-state index contributed by atoms with van der Waals surface area (Å²) in [6.07, 6.45) is 4.24. The third kappa shape index (κ3) is 3.03. The maximum absolute atomic E-state index is 5.59. The zero-order chi connectivity index (χ0) is 20.5. The number of rotatable bonds is 5. The molecule has 0 unspecified atom stereocenters. The summed E-state index contributed by atoms with van der Waals surface area (Å²) in [5.74, 6) is 1.33. The highest BCUT2D eigenvalue weighted by Gasteiger charge is 2.19. The number of H-pyrrole nitrogens is 1. The van der Waals surface area contributed by atoms with E-state index in [0.717, 1.165) is 38.8 Å². The number of hydrogen-bond acceptors (Lipinski definition) is 5. The molecule has 0 fully saturated rings. The third-order valence-corrected chi connectivity index (χ3v) is 5.26. The van der Waals surface area contributed by atoms with Crippen LogP contribution in [0.25, 0.3) is 33.1 Å². The van der Waals surface area contributed by atoms with E-state index in [4.69, 9.17) is 14.5 Å². The van der Waals surface area contributed by atoms with Crippen molar-refractivity contribution in [2.24, 2.45) is 0 Å². The van der Waals surface area contributed by atoms with Crippen molar-refractivity contribution in [1.82, 2.24) is 20.2 Å². The van der Waals surface area contributed by atoms with Gasteiger partial charge in [0, 0.05) is 35.2 Å². The lowest BCUT2D eigenvalue weighted by molar-refractivity contribution is 0.356. The highest BCUT2D eigenvalue weighted by Crippen LogP contribution is 2.40. The SMILES string of the molecule is COc1cc2c(-c3ccncc3)nc3[nH]nc(Cc4ccccc4)c3c2cc1OC. The van der Waals surface area contributed by atoms with Gasteiger partial charge in [0.1, 0.15) is 0 Å². The number of benzene rings is 2. The maximum atomic E-state index is 5.59. The van der Waals surface area contributed by atoms with Crippen LogP contribution in [0.4, 0.5) is 0 Å². The molecule has 5 aromatic rings. The fraction of sp³-hybridized carbons (Fsp3) is 0.125. The molecular weight excluding hydrogens is 376 g/mol. The lowest BCUT2D eigenvalue weighted by Gasteiger charge is -2.13. The van der Waals surface area contributed by atoms with Crippen LogP contribution in [0.15, 0.2) is 67.0 Å². The standard InChI is InChI=1S/C24H20N4O2/c1-29-20-13-17-18(14-21(20)30-2)23(16-8-10-25-11-9-16)26-24-22(17)19(27-28-24)12-15-6-4-3-5-7-15/h3-11,13-14H,12H2,1-2H3,(H,26,27,28). The first-order chi connectivity index (χ1) is 14.8. The van der Waals surface area contributed by atoms with Crippen molar-refractivity contribution in [3.05, 3.63) is 78.2 Å². The van der Waals surface area contributed by atoms with Gasteiger partial charge in [-0.2, -0.15) is 5.10 Å². The highest BCUT2D eigenvalue weighted by molar-refractivity contribution is 6.12. The molecule has 0 spiro atoms. The van der Waals surface area contributed by atoms with Gasteiger partial charge < -0.3 is 9.47 Å². The Morgan fingerprint density at radius 1 is 0.867 bits per heavy atom. The number of ether oxygens (including phenoxy) is 2. The average Bonchev–Trinajstić information content (AvgIpc) is 3.21. The summed E-state index contributed by atoms with van der Waals surface area (Å²) < 4.78 is 11.2. The quantitative estimate of drug-likeness (QED) is 0.463. The number of methoxy groups -OCH3 is 2. The molecule has 1 N–H and O–H groups in total. The molecule has 0 saturated heterocycles. The van der Waals surface area contributed by atoms with Crippen LogP contribution < -0.4 is 9.47 Å². The van der Waals surface area contributed by atoms with E-state index >= 15 is 0 Å². The van der Waals surface area contributed by atoms with Gasteiger partial charge in [-0.15, -0.1) is 0 Å². The Bertz CT molecular complexity index is 1330. The predicted octanol–water partition coefficient (Wildman–Crippen LogP) is 4.78. The van der Waals surface area contributed by atoms with Crippen molar-refractivity contribution >= 4 is 21.8 Å². The first-order valence-electron chi connectivity index (χ1n) is 9.65. The van der Waals surface area contributed by atoms with E-state index < -0.39 is 0 Å². The fourth-order valence-corrected chi connectivity index (χ4v) is 3.83. The zero-order valence-electron chi connectivity index (χ0n) is 16.7. The van der Waals surface area contributed by atoms with E-state index in [0.29, 0.717) is 17.9 Å². The lowest BCUT2D eigenvalue weighted by Crippen LogP contribution is -1.95. The summed E-state index contributed by atoms with van der Waals surface area (Å²) >= 11 is 0. The van der Waals surface area contributed by atoms with E-state index in [9.17, 15) is 0 Å². The van der Waals surface area contributed by atoms with Gasteiger partial charge in [-0.3, -0.25) is 10.1 Å². The second kappa shape index (κ2) is 7.48. The topological polar surface area (TPSA) is 72.9 Å². The van der Waals surface area contributed by atoms with Crippen LogP contribution in [0.5, 0.6) is 11.5 Å². The summed E-state index contributed by atoms with van der Waals surface area (Å²) in [5, 5.41) is 10.7. The molecular formula is C24H20N4O2. The van der Waals surface area contributed by atoms with E-state index in [2.05, 4.69) is 27.3 Å². The number of aromatic nitrogens is 4. The number of fused-ring (bicyclic) bond motifs is 3. The second-order valence-corrected chi connectivity index (χ2v) is 7.01. The molecule has 0 bridgehead atoms. The Balaban J connectivity index is 1.82. The van der Waals surface area contributed by atoms with Crippen LogP contribution in [-0.2, 0) is 6.42 Å². The molecule has 0 aliphatic heterocycles. The summed E-state index contributed by atoms with van der Waals surface area (Å²) in [7, 11) is 3.28. The van der Waals surface area contributed by atoms with Crippen LogP contribution in [0, 0.1) is 0 Å². The lowest BCUT2D eigenvalue weighted by atomic mass is 9.99. The molecule has 0 aliphatic carbocycles. The van der Waals surface area contributed by atoms with Gasteiger partial charge in [-0.05, 0) is 29.8 Å². The number of nitrogens with one attached hydrogen (secondary N) is 1. The Morgan fingerprint density at radius 2 is 1.57 bits per heavy atom. The van der Waals surface area contributed by atoms with E-state index in [1.165, 1.54) is 5.56 Å². The number of hydrogen-bond donors (Lipinski definition) is 1. The van der Waals surface area contributed by atoms with Gasteiger partial charge in [-0.1, -0.05) is 30.3 Å². The molecule has 5 rings (SSSR count). The van der Waals surface area contributed by atoms with Crippen LogP contribution in [-0.4, -0.2) is 34.4 Å². The first kappa shape index (κ1) is 18.1. The molecule has 2 aromatic carbocycles. The van der Waals surface area contributed by atoms with Crippen molar-refractivity contribution in [2.45, 2.75) is 6.42 Å². The molecule has 0 radical (unpaired) electrons. The average molecular weight is 396 g/mol. The molecule has 0 atom stereocenters. The Kier molecular flexibility index (Phi) is 4.52. The maximum Gasteiger partial charge on any atom is 0.161 e. The molecule has 3 aromatic heterocycles. The van der Waals surface area contributed by atoms with Gasteiger partial charge >= 0.3 is 0 Å². The number of nitrogens with zero attached hydrogens (tertiary/aromatic N) is 3. The minimum Gasteiger partial charge on any atom is -0.493 e. The van der Waals surface area contributed by atoms with Crippen LogP contribution in [0.1, 0.15) is 11.3 Å². The fourth-order valence-electron chi connectivity index (χ4n) is 3.83. The third-order valence-electron chi connectivity index (χ3n) is 5.26. The van der Waals surface area contributed by atoms with E-state index in [1.54, 1.807) is 26.6 Å². The van der Waals surface area contributed by atoms with Crippen LogP contribution in [0.3, 0.4) is 0 Å². The minimum atomic E-state index is 0.662. The molecule has 6 heteroatoms. The summed E-state index contributed by atoms with van der Waals surface area (Å²) in [6, 6.07) is 18.2. The van der Waals surface area contributed by atoms with Gasteiger partial charge in [-0.25, -0.2) is 4.98 Å². The predicted molar refractivity (Wildman–Crippen MR) is 117 cm³/mol. The molecule has 0 aliphatic rings. The zero-order valence-corrected chi connectivity index (χ0v) is 16.7. The largest absolute Gasteiger partial charge is 0.493 e. The van der Waals surface area contributed by atoms with E-state index in [1.807, 2.05) is 42.5 Å². The van der Waals surface area contributed by atoms with Gasteiger partial charge in [0.25, 0.3) is 0 Å². The van der Waals surface area contributed by atoms with Crippen molar-refractivity contribution in [1.29, 1.82) is 0 Å². The Hall–Kier alpha value is -3.93. The van der Waals surface area contributed by atoms with E-state index in [-0.39, 0.29) is 0 Å². The summed E-state index contributed by atoms with van der Waals surface area (Å²) in [6.45, 7) is 0. The van der Waals surface area contributed by atoms with Gasteiger partial charge in [0.2, 0.25) is 0 Å². The smallest absolute Gasteiger partial charge is 0.161 e. The molecule has 0 saturated carbocycles. The summed E-state index contributed by atoms with van der Waals surface area (Å²) in [4.78, 5) is 9.06. The summed E-state index contributed by atoms with van der Waals surface area (Å²) in [5.41, 5.74) is 4.70. The Labute approximate surface area is 173 Å². The van der Waals surface area contributed by atoms with Gasteiger partial charge in [0.15, 0.2) is 17.1 Å². The van der Waals surface area contributed by atoms with Crippen LogP contribution in [0.2, 0.25) is 0 Å². The molecule has 6 nitrogen and oxygen atoms in total. The molecule has 0 amide bonds. The van der Waals surface area contributed by atoms with Crippen molar-refractivity contribution < 1.29 is 9.47 Å². The van der Waals surface area contributed by atoms with Crippen molar-refractivity contribution in [2.75, 3.05) is 14.2 Å². The highest BCUT2D eigenvalue weighted by atomic mass is 16.5. The molecule has 3 heterocycles.